The number of carboxylic acid groups (broad SMARTS) is 1. The Morgan fingerprint density at radius 2 is 2.00 bits per heavy atom. The van der Waals surface area contributed by atoms with Crippen LogP contribution in [-0.2, 0) is 4.79 Å². The minimum Gasteiger partial charge on any atom is -0.480 e. The number of Topliss-reactive ketones (excluding diaryl/α,β-unsaturated/α-hetero) is 1. The maximum absolute atomic E-state index is 11.5. The van der Waals surface area contributed by atoms with Crippen molar-refractivity contribution in [1.82, 2.24) is 0 Å². The highest BCUT2D eigenvalue weighted by atomic mass is 16.6. The lowest BCUT2D eigenvalue weighted by Crippen LogP contribution is -2.30. The van der Waals surface area contributed by atoms with E-state index in [0.717, 1.165) is 0 Å². The third-order valence-corrected chi connectivity index (χ3v) is 2.92. The topological polar surface area (TPSA) is 110 Å². The van der Waals surface area contributed by atoms with Gasteiger partial charge in [0.25, 0.3) is 5.69 Å². The average Bonchev–Trinajstić information content (AvgIpc) is 2.36. The zero-order chi connectivity index (χ0) is 16.2. The Hall–Kier alpha value is -2.44. The Bertz CT molecular complexity index is 568. The van der Waals surface area contributed by atoms with Gasteiger partial charge in [0.05, 0.1) is 10.5 Å². The molecule has 0 radical (unpaired) electrons. The second kappa shape index (κ2) is 6.83. The summed E-state index contributed by atoms with van der Waals surface area (Å²) in [6.45, 7) is 5.03. The fourth-order valence-corrected chi connectivity index (χ4v) is 1.96. The van der Waals surface area contributed by atoms with Crippen LogP contribution in [0.1, 0.15) is 37.6 Å². The summed E-state index contributed by atoms with van der Waals surface area (Å²) < 4.78 is 0. The Kier molecular flexibility index (Phi) is 5.40. The molecule has 1 aromatic rings. The van der Waals surface area contributed by atoms with Crippen molar-refractivity contribution in [2.45, 2.75) is 33.2 Å². The van der Waals surface area contributed by atoms with Crippen LogP contribution in [0.2, 0.25) is 0 Å². The number of rotatable bonds is 7. The Balaban J connectivity index is 3.08. The van der Waals surface area contributed by atoms with Gasteiger partial charge >= 0.3 is 5.97 Å². The number of ketones is 1. The van der Waals surface area contributed by atoms with E-state index in [-0.39, 0.29) is 17.2 Å². The molecule has 1 rings (SSSR count). The summed E-state index contributed by atoms with van der Waals surface area (Å²) in [5.41, 5.74) is 0.0429. The van der Waals surface area contributed by atoms with Gasteiger partial charge in [0.2, 0.25) is 0 Å². The first-order valence-corrected chi connectivity index (χ1v) is 6.51. The van der Waals surface area contributed by atoms with Crippen molar-refractivity contribution in [3.63, 3.8) is 0 Å². The zero-order valence-corrected chi connectivity index (χ0v) is 12.1. The summed E-state index contributed by atoms with van der Waals surface area (Å²) in [6.07, 6.45) is 0.404. The van der Waals surface area contributed by atoms with Crippen molar-refractivity contribution < 1.29 is 19.6 Å². The Labute approximate surface area is 122 Å². The number of nitro benzene ring substituents is 1. The zero-order valence-electron chi connectivity index (χ0n) is 12.1. The van der Waals surface area contributed by atoms with Gasteiger partial charge in [-0.2, -0.15) is 0 Å². The van der Waals surface area contributed by atoms with E-state index in [4.69, 9.17) is 5.11 Å². The van der Waals surface area contributed by atoms with E-state index in [1.807, 2.05) is 13.8 Å². The predicted molar refractivity (Wildman–Crippen MR) is 77.6 cm³/mol. The molecule has 0 heterocycles. The maximum Gasteiger partial charge on any atom is 0.326 e. The molecule has 7 heteroatoms. The standard InChI is InChI=1S/C14H18N2O5/c1-8(2)6-12(14(18)19)15-10-4-5-13(16(20)21)11(7-10)9(3)17/h4-5,7-8,12,15H,6H2,1-3H3,(H,18,19). The fourth-order valence-electron chi connectivity index (χ4n) is 1.96. The quantitative estimate of drug-likeness (QED) is 0.454. The lowest BCUT2D eigenvalue weighted by atomic mass is 10.0. The molecule has 0 bridgehead atoms. The summed E-state index contributed by atoms with van der Waals surface area (Å²) in [6, 6.07) is 3.11. The molecule has 7 nitrogen and oxygen atoms in total. The van der Waals surface area contributed by atoms with Gasteiger partial charge < -0.3 is 10.4 Å². The SMILES string of the molecule is CC(=O)c1cc(NC(CC(C)C)C(=O)O)ccc1[N+](=O)[O-]. The van der Waals surface area contributed by atoms with Crippen molar-refractivity contribution >= 4 is 23.1 Å². The second-order valence-electron chi connectivity index (χ2n) is 5.21. The summed E-state index contributed by atoms with van der Waals surface area (Å²) in [5, 5.41) is 22.8. The van der Waals surface area contributed by atoms with Crippen LogP contribution in [0.5, 0.6) is 0 Å². The van der Waals surface area contributed by atoms with Gasteiger partial charge in [-0.1, -0.05) is 13.8 Å². The summed E-state index contributed by atoms with van der Waals surface area (Å²) in [5.74, 6) is -1.28. The molecular weight excluding hydrogens is 276 g/mol. The molecule has 0 amide bonds. The molecule has 0 saturated heterocycles. The number of benzene rings is 1. The molecule has 21 heavy (non-hydrogen) atoms. The van der Waals surface area contributed by atoms with E-state index < -0.39 is 22.7 Å². The van der Waals surface area contributed by atoms with E-state index in [2.05, 4.69) is 5.32 Å². The van der Waals surface area contributed by atoms with E-state index in [1.165, 1.54) is 25.1 Å². The lowest BCUT2D eigenvalue weighted by molar-refractivity contribution is -0.385. The van der Waals surface area contributed by atoms with E-state index >= 15 is 0 Å². The number of hydrogen-bond acceptors (Lipinski definition) is 5. The normalized spacial score (nSPS) is 12.0. The molecule has 1 aromatic carbocycles. The van der Waals surface area contributed by atoms with Gasteiger partial charge in [-0.05, 0) is 31.4 Å². The number of nitrogens with one attached hydrogen (secondary N) is 1. The number of nitrogens with zero attached hydrogens (tertiary/aromatic N) is 1. The van der Waals surface area contributed by atoms with Crippen molar-refractivity contribution in [3.8, 4) is 0 Å². The van der Waals surface area contributed by atoms with E-state index in [9.17, 15) is 19.7 Å². The number of hydrogen-bond donors (Lipinski definition) is 2. The van der Waals surface area contributed by atoms with E-state index in [1.54, 1.807) is 0 Å². The van der Waals surface area contributed by atoms with Gasteiger partial charge in [0.15, 0.2) is 5.78 Å². The molecule has 0 fully saturated rings. The highest BCUT2D eigenvalue weighted by Crippen LogP contribution is 2.24. The number of aliphatic carboxylic acids is 1. The first kappa shape index (κ1) is 16.6. The third kappa shape index (κ3) is 4.55. The Morgan fingerprint density at radius 3 is 2.43 bits per heavy atom. The van der Waals surface area contributed by atoms with Crippen LogP contribution in [0, 0.1) is 16.0 Å². The third-order valence-electron chi connectivity index (χ3n) is 2.92. The molecule has 2 N–H and O–H groups in total. The second-order valence-corrected chi connectivity index (χ2v) is 5.21. The molecule has 114 valence electrons. The first-order valence-electron chi connectivity index (χ1n) is 6.51. The lowest BCUT2D eigenvalue weighted by Gasteiger charge is -2.18. The predicted octanol–water partition coefficient (Wildman–Crippen LogP) is 2.71. The van der Waals surface area contributed by atoms with Gasteiger partial charge in [-0.25, -0.2) is 4.79 Å². The molecular formula is C14H18N2O5. The highest BCUT2D eigenvalue weighted by molar-refractivity contribution is 5.99. The molecule has 0 aromatic heterocycles. The number of carbonyl (C=O) groups excluding carboxylic acids is 1. The fraction of sp³-hybridized carbons (Fsp3) is 0.429. The number of carboxylic acids is 1. The van der Waals surface area contributed by atoms with Gasteiger partial charge in [0, 0.05) is 11.8 Å². The van der Waals surface area contributed by atoms with Crippen LogP contribution in [-0.4, -0.2) is 27.8 Å². The van der Waals surface area contributed by atoms with Crippen molar-refractivity contribution in [1.29, 1.82) is 0 Å². The van der Waals surface area contributed by atoms with Crippen LogP contribution >= 0.6 is 0 Å². The molecule has 0 aliphatic heterocycles. The molecule has 1 atom stereocenters. The van der Waals surface area contributed by atoms with Gasteiger partial charge in [-0.3, -0.25) is 14.9 Å². The molecule has 1 unspecified atom stereocenters. The van der Waals surface area contributed by atoms with Gasteiger partial charge in [-0.15, -0.1) is 0 Å². The summed E-state index contributed by atoms with van der Waals surface area (Å²) >= 11 is 0. The van der Waals surface area contributed by atoms with Crippen molar-refractivity contribution in [2.24, 2.45) is 5.92 Å². The van der Waals surface area contributed by atoms with Crippen molar-refractivity contribution in [3.05, 3.63) is 33.9 Å². The van der Waals surface area contributed by atoms with Crippen LogP contribution in [0.15, 0.2) is 18.2 Å². The smallest absolute Gasteiger partial charge is 0.326 e. The largest absolute Gasteiger partial charge is 0.480 e. The number of nitro groups is 1. The summed E-state index contributed by atoms with van der Waals surface area (Å²) in [4.78, 5) is 32.9. The molecule has 0 aliphatic carbocycles. The van der Waals surface area contributed by atoms with Crippen LogP contribution < -0.4 is 5.32 Å². The minimum atomic E-state index is -1.01. The first-order chi connectivity index (χ1) is 9.72. The van der Waals surface area contributed by atoms with Crippen LogP contribution in [0.4, 0.5) is 11.4 Å². The molecule has 0 aliphatic rings. The average molecular weight is 294 g/mol. The number of anilines is 1. The van der Waals surface area contributed by atoms with E-state index in [0.29, 0.717) is 12.1 Å². The maximum atomic E-state index is 11.5. The van der Waals surface area contributed by atoms with Gasteiger partial charge in [0.1, 0.15) is 6.04 Å². The van der Waals surface area contributed by atoms with Crippen molar-refractivity contribution in [2.75, 3.05) is 5.32 Å². The van der Waals surface area contributed by atoms with Crippen LogP contribution in [0.25, 0.3) is 0 Å². The van der Waals surface area contributed by atoms with Crippen LogP contribution in [0.3, 0.4) is 0 Å². The summed E-state index contributed by atoms with van der Waals surface area (Å²) in [7, 11) is 0. The highest BCUT2D eigenvalue weighted by Gasteiger charge is 2.21. The molecule has 0 saturated carbocycles. The molecule has 0 spiro atoms. The Morgan fingerprint density at radius 1 is 1.38 bits per heavy atom. The minimum absolute atomic E-state index is 0.0429. The monoisotopic (exact) mass is 294 g/mol. The number of carbonyl (C=O) groups is 2.